The third-order valence-electron chi connectivity index (χ3n) is 4.65. The van der Waals surface area contributed by atoms with Crippen molar-refractivity contribution < 1.29 is 19.0 Å². The normalized spacial score (nSPS) is 10.5. The Morgan fingerprint density at radius 3 is 2.52 bits per heavy atom. The van der Waals surface area contributed by atoms with Gasteiger partial charge in [0.05, 0.1) is 18.2 Å². The molecule has 0 aliphatic heterocycles. The number of ether oxygens (including phenoxy) is 3. The van der Waals surface area contributed by atoms with Crippen LogP contribution in [0.4, 0.5) is 4.79 Å². The number of rotatable bonds is 6. The van der Waals surface area contributed by atoms with Crippen molar-refractivity contribution in [2.75, 3.05) is 6.61 Å². The zero-order valence-electron chi connectivity index (χ0n) is 16.8. The summed E-state index contributed by atoms with van der Waals surface area (Å²) >= 11 is 1.34. The fraction of sp³-hybridized carbons (Fsp3) is 0.120. The Balaban J connectivity index is 1.55. The summed E-state index contributed by atoms with van der Waals surface area (Å²) in [4.78, 5) is 11.8. The van der Waals surface area contributed by atoms with Crippen LogP contribution in [0.1, 0.15) is 18.1 Å². The molecule has 1 aromatic heterocycles. The summed E-state index contributed by atoms with van der Waals surface area (Å²) < 4.78 is 17.3. The fourth-order valence-corrected chi connectivity index (χ4v) is 4.18. The van der Waals surface area contributed by atoms with Gasteiger partial charge in [0, 0.05) is 10.1 Å². The monoisotopic (exact) mass is 429 g/mol. The van der Waals surface area contributed by atoms with Crippen molar-refractivity contribution in [1.29, 1.82) is 5.26 Å². The lowest BCUT2D eigenvalue weighted by atomic mass is 9.99. The summed E-state index contributed by atoms with van der Waals surface area (Å²) in [5.41, 5.74) is 3.45. The first-order chi connectivity index (χ1) is 15.2. The van der Waals surface area contributed by atoms with E-state index in [1.165, 1.54) is 11.3 Å². The van der Waals surface area contributed by atoms with E-state index in [4.69, 9.17) is 14.2 Å². The Labute approximate surface area is 184 Å². The molecular weight excluding hydrogens is 410 g/mol. The molecule has 0 atom stereocenters. The van der Waals surface area contributed by atoms with Gasteiger partial charge >= 0.3 is 6.16 Å². The Morgan fingerprint density at radius 1 is 1.00 bits per heavy atom. The lowest BCUT2D eigenvalue weighted by molar-refractivity contribution is 0.104. The first-order valence-corrected chi connectivity index (χ1v) is 10.6. The molecule has 154 valence electrons. The first-order valence-electron chi connectivity index (χ1n) is 9.77. The maximum absolute atomic E-state index is 11.8. The molecule has 0 fully saturated rings. The predicted octanol–water partition coefficient (Wildman–Crippen LogP) is 6.55. The minimum absolute atomic E-state index is 0.237. The van der Waals surface area contributed by atoms with Crippen LogP contribution in [-0.4, -0.2) is 12.8 Å². The van der Waals surface area contributed by atoms with Gasteiger partial charge in [0.2, 0.25) is 5.06 Å². The zero-order chi connectivity index (χ0) is 21.6. The topological polar surface area (TPSA) is 68.6 Å². The molecule has 0 saturated heterocycles. The highest BCUT2D eigenvalue weighted by molar-refractivity contribution is 7.21. The van der Waals surface area contributed by atoms with Crippen molar-refractivity contribution >= 4 is 27.6 Å². The second kappa shape index (κ2) is 9.33. The maximum Gasteiger partial charge on any atom is 0.514 e. The molecule has 6 heteroatoms. The molecule has 4 rings (SSSR count). The molecule has 0 aliphatic rings. The van der Waals surface area contributed by atoms with Crippen LogP contribution in [0.25, 0.3) is 21.2 Å². The van der Waals surface area contributed by atoms with Crippen LogP contribution in [0.5, 0.6) is 10.8 Å². The van der Waals surface area contributed by atoms with Gasteiger partial charge in [-0.15, -0.1) is 0 Å². The van der Waals surface area contributed by atoms with Crippen molar-refractivity contribution in [1.82, 2.24) is 0 Å². The highest BCUT2D eigenvalue weighted by Crippen LogP contribution is 2.44. The predicted molar refractivity (Wildman–Crippen MR) is 120 cm³/mol. The minimum Gasteiger partial charge on any atom is -0.483 e. The zero-order valence-corrected chi connectivity index (χ0v) is 17.6. The highest BCUT2D eigenvalue weighted by Gasteiger charge is 2.18. The van der Waals surface area contributed by atoms with Crippen LogP contribution in [0, 0.1) is 11.3 Å². The van der Waals surface area contributed by atoms with Crippen LogP contribution >= 0.6 is 11.3 Å². The Kier molecular flexibility index (Phi) is 6.16. The molecule has 0 spiro atoms. The number of benzene rings is 3. The van der Waals surface area contributed by atoms with Gasteiger partial charge in [-0.05, 0) is 41.8 Å². The number of hydrogen-bond donors (Lipinski definition) is 0. The van der Waals surface area contributed by atoms with E-state index >= 15 is 0 Å². The van der Waals surface area contributed by atoms with Gasteiger partial charge in [-0.2, -0.15) is 5.26 Å². The van der Waals surface area contributed by atoms with E-state index in [0.717, 1.165) is 26.8 Å². The van der Waals surface area contributed by atoms with E-state index in [9.17, 15) is 10.1 Å². The number of thiophene rings is 1. The SMILES string of the molecule is CCOC(=O)Oc1sc2ccccc2c1OCc1ccc(-c2ccccc2C#N)cc1. The smallest absolute Gasteiger partial charge is 0.483 e. The molecule has 0 saturated carbocycles. The largest absolute Gasteiger partial charge is 0.514 e. The second-order valence-corrected chi connectivity index (χ2v) is 7.66. The first kappa shape index (κ1) is 20.5. The lowest BCUT2D eigenvalue weighted by Crippen LogP contribution is -2.10. The number of fused-ring (bicyclic) bond motifs is 1. The number of nitrogens with zero attached hydrogens (tertiary/aromatic N) is 1. The van der Waals surface area contributed by atoms with Gasteiger partial charge in [0.25, 0.3) is 0 Å². The summed E-state index contributed by atoms with van der Waals surface area (Å²) in [7, 11) is 0. The van der Waals surface area contributed by atoms with Gasteiger partial charge < -0.3 is 14.2 Å². The molecule has 0 amide bonds. The van der Waals surface area contributed by atoms with Crippen LogP contribution < -0.4 is 9.47 Å². The Morgan fingerprint density at radius 2 is 1.74 bits per heavy atom. The summed E-state index contributed by atoms with van der Waals surface area (Å²) in [5.74, 6) is 0.521. The lowest BCUT2D eigenvalue weighted by Gasteiger charge is -2.10. The van der Waals surface area contributed by atoms with Crippen molar-refractivity contribution in [2.45, 2.75) is 13.5 Å². The standard InChI is InChI=1S/C25H19NO4S/c1-2-28-25(27)30-24-23(21-9-5-6-10-22(21)31-24)29-16-17-11-13-18(14-12-17)20-8-4-3-7-19(20)15-26/h3-14H,2,16H2,1H3. The van der Waals surface area contributed by atoms with E-state index in [2.05, 4.69) is 6.07 Å². The average Bonchev–Trinajstić information content (AvgIpc) is 3.15. The fourth-order valence-electron chi connectivity index (χ4n) is 3.19. The van der Waals surface area contributed by atoms with Crippen LogP contribution in [0.3, 0.4) is 0 Å². The number of hydrogen-bond acceptors (Lipinski definition) is 6. The van der Waals surface area contributed by atoms with Crippen LogP contribution in [0.15, 0.2) is 72.8 Å². The summed E-state index contributed by atoms with van der Waals surface area (Å²) in [6.07, 6.45) is -0.751. The Bertz CT molecular complexity index is 1250. The molecule has 1 heterocycles. The second-order valence-electron chi connectivity index (χ2n) is 6.64. The quantitative estimate of drug-likeness (QED) is 0.325. The minimum atomic E-state index is -0.751. The molecule has 0 bridgehead atoms. The van der Waals surface area contributed by atoms with Crippen molar-refractivity contribution in [3.8, 4) is 28.0 Å². The third kappa shape index (κ3) is 4.52. The highest BCUT2D eigenvalue weighted by atomic mass is 32.1. The van der Waals surface area contributed by atoms with Crippen LogP contribution in [0.2, 0.25) is 0 Å². The number of carbonyl (C=O) groups is 1. The summed E-state index contributed by atoms with van der Waals surface area (Å²) in [6, 6.07) is 25.3. The van der Waals surface area contributed by atoms with Gasteiger partial charge in [0.15, 0.2) is 5.75 Å². The molecule has 3 aromatic carbocycles. The molecule has 0 radical (unpaired) electrons. The summed E-state index contributed by atoms with van der Waals surface area (Å²) in [6.45, 7) is 2.27. The van der Waals surface area contributed by atoms with Crippen LogP contribution in [-0.2, 0) is 11.3 Å². The molecular formula is C25H19NO4S. The van der Waals surface area contributed by atoms with E-state index in [-0.39, 0.29) is 6.61 Å². The van der Waals surface area contributed by atoms with Gasteiger partial charge in [-0.1, -0.05) is 65.9 Å². The molecule has 0 N–H and O–H groups in total. The molecule has 0 unspecified atom stereocenters. The van der Waals surface area contributed by atoms with Crippen molar-refractivity contribution in [2.24, 2.45) is 0 Å². The number of nitriles is 1. The van der Waals surface area contributed by atoms with Gasteiger partial charge in [0.1, 0.15) is 6.61 Å². The maximum atomic E-state index is 11.8. The Hall–Kier alpha value is -3.82. The van der Waals surface area contributed by atoms with Gasteiger partial charge in [-0.25, -0.2) is 4.79 Å². The van der Waals surface area contributed by atoms with E-state index in [1.807, 2.05) is 66.7 Å². The van der Waals surface area contributed by atoms with E-state index < -0.39 is 6.16 Å². The van der Waals surface area contributed by atoms with Crippen molar-refractivity contribution in [3.63, 3.8) is 0 Å². The third-order valence-corrected chi connectivity index (χ3v) is 5.68. The molecule has 31 heavy (non-hydrogen) atoms. The molecule has 4 aromatic rings. The van der Waals surface area contributed by atoms with Crippen molar-refractivity contribution in [3.05, 3.63) is 83.9 Å². The average molecular weight is 429 g/mol. The molecule has 5 nitrogen and oxygen atoms in total. The number of carbonyl (C=O) groups excluding carboxylic acids is 1. The molecule has 0 aliphatic carbocycles. The van der Waals surface area contributed by atoms with E-state index in [1.54, 1.807) is 13.0 Å². The van der Waals surface area contributed by atoms with Gasteiger partial charge in [-0.3, -0.25) is 0 Å². The van der Waals surface area contributed by atoms with E-state index in [0.29, 0.717) is 23.0 Å². The summed E-state index contributed by atoms with van der Waals surface area (Å²) in [5, 5.41) is 10.6.